The molecule has 6 heteroatoms. The van der Waals surface area contributed by atoms with Gasteiger partial charge in [-0.25, -0.2) is 9.97 Å². The van der Waals surface area contributed by atoms with E-state index in [-0.39, 0.29) is 11.2 Å². The van der Waals surface area contributed by atoms with Gasteiger partial charge in [0.1, 0.15) is 21.4 Å². The van der Waals surface area contributed by atoms with Crippen molar-refractivity contribution in [1.29, 1.82) is 0 Å². The van der Waals surface area contributed by atoms with Gasteiger partial charge in [-0.1, -0.05) is 41.6 Å². The van der Waals surface area contributed by atoms with E-state index >= 15 is 0 Å². The largest absolute Gasteiger partial charge is 0.468 e. The van der Waals surface area contributed by atoms with E-state index in [1.165, 1.54) is 24.4 Å². The van der Waals surface area contributed by atoms with E-state index in [4.69, 9.17) is 4.74 Å². The lowest BCUT2D eigenvalue weighted by molar-refractivity contribution is -0.139. The van der Waals surface area contributed by atoms with Gasteiger partial charge in [-0.15, -0.1) is 11.3 Å². The average Bonchev–Trinajstić information content (AvgIpc) is 3.00. The summed E-state index contributed by atoms with van der Waals surface area (Å²) < 4.78 is 4.81. The van der Waals surface area contributed by atoms with Crippen molar-refractivity contribution < 1.29 is 9.53 Å². The van der Waals surface area contributed by atoms with Gasteiger partial charge < -0.3 is 4.74 Å². The normalized spacial score (nSPS) is 12.3. The van der Waals surface area contributed by atoms with Crippen LogP contribution in [-0.2, 0) is 9.53 Å². The fourth-order valence-electron chi connectivity index (χ4n) is 2.26. The van der Waals surface area contributed by atoms with E-state index < -0.39 is 0 Å². The van der Waals surface area contributed by atoms with Crippen molar-refractivity contribution in [3.8, 4) is 11.1 Å². The number of hydrogen-bond acceptors (Lipinski definition) is 6. The maximum atomic E-state index is 11.7. The molecular weight excluding hydrogens is 328 g/mol. The maximum absolute atomic E-state index is 11.7. The molecule has 3 rings (SSSR count). The van der Waals surface area contributed by atoms with Gasteiger partial charge in [0.2, 0.25) is 0 Å². The molecule has 118 valence electrons. The molecular formula is C17H16N2O2S2. The van der Waals surface area contributed by atoms with E-state index in [2.05, 4.69) is 46.5 Å². The Labute approximate surface area is 142 Å². The summed E-state index contributed by atoms with van der Waals surface area (Å²) in [5.41, 5.74) is 3.45. The second-order valence-electron chi connectivity index (χ2n) is 5.16. The fourth-order valence-corrected chi connectivity index (χ4v) is 4.20. The number of rotatable bonds is 4. The molecule has 0 saturated carbocycles. The first-order chi connectivity index (χ1) is 11.1. The number of methoxy groups -OCH3 is 1. The van der Waals surface area contributed by atoms with Gasteiger partial charge in [0, 0.05) is 10.9 Å². The number of aryl methyl sites for hydroxylation is 1. The van der Waals surface area contributed by atoms with Crippen LogP contribution in [0.25, 0.3) is 21.3 Å². The number of thiophene rings is 1. The zero-order valence-electron chi connectivity index (χ0n) is 13.1. The highest BCUT2D eigenvalue weighted by molar-refractivity contribution is 8.00. The number of carbonyl (C=O) groups is 1. The third kappa shape index (κ3) is 3.23. The smallest absolute Gasteiger partial charge is 0.318 e. The zero-order chi connectivity index (χ0) is 16.4. The minimum Gasteiger partial charge on any atom is -0.468 e. The molecule has 1 atom stereocenters. The number of carbonyl (C=O) groups excluding carboxylic acids is 1. The summed E-state index contributed by atoms with van der Waals surface area (Å²) in [6, 6.07) is 8.38. The lowest BCUT2D eigenvalue weighted by atomic mass is 10.1. The monoisotopic (exact) mass is 344 g/mol. The Morgan fingerprint density at radius 1 is 1.26 bits per heavy atom. The molecule has 3 aromatic rings. The second-order valence-corrected chi connectivity index (χ2v) is 7.35. The van der Waals surface area contributed by atoms with Gasteiger partial charge in [0.05, 0.1) is 12.5 Å². The van der Waals surface area contributed by atoms with Crippen LogP contribution < -0.4 is 0 Å². The van der Waals surface area contributed by atoms with Crippen LogP contribution in [0.15, 0.2) is 41.0 Å². The van der Waals surface area contributed by atoms with Crippen LogP contribution in [0.3, 0.4) is 0 Å². The van der Waals surface area contributed by atoms with Crippen molar-refractivity contribution in [3.05, 3.63) is 41.5 Å². The lowest BCUT2D eigenvalue weighted by Gasteiger charge is -2.10. The molecule has 0 saturated heterocycles. The summed E-state index contributed by atoms with van der Waals surface area (Å²) in [6.45, 7) is 3.89. The molecule has 0 aliphatic carbocycles. The van der Waals surface area contributed by atoms with Crippen LogP contribution in [0.5, 0.6) is 0 Å². The summed E-state index contributed by atoms with van der Waals surface area (Å²) >= 11 is 2.99. The molecule has 0 fully saturated rings. The van der Waals surface area contributed by atoms with Gasteiger partial charge in [0.25, 0.3) is 0 Å². The molecule has 0 unspecified atom stereocenters. The maximum Gasteiger partial charge on any atom is 0.318 e. The Hall–Kier alpha value is -1.92. The first-order valence-electron chi connectivity index (χ1n) is 7.14. The molecule has 1 aromatic carbocycles. The Morgan fingerprint density at radius 3 is 2.70 bits per heavy atom. The summed E-state index contributed by atoms with van der Waals surface area (Å²) in [6.07, 6.45) is 1.55. The molecule has 0 radical (unpaired) electrons. The predicted molar refractivity (Wildman–Crippen MR) is 94.9 cm³/mol. The van der Waals surface area contributed by atoms with Crippen molar-refractivity contribution in [2.45, 2.75) is 24.1 Å². The van der Waals surface area contributed by atoms with Crippen LogP contribution in [0.2, 0.25) is 0 Å². The Balaban J connectivity index is 2.07. The number of hydrogen-bond donors (Lipinski definition) is 0. The third-order valence-corrected chi connectivity index (χ3v) is 5.48. The number of aromatic nitrogens is 2. The highest BCUT2D eigenvalue weighted by atomic mass is 32.2. The molecule has 2 aromatic heterocycles. The van der Waals surface area contributed by atoms with Gasteiger partial charge in [0.15, 0.2) is 0 Å². The van der Waals surface area contributed by atoms with Crippen LogP contribution in [0.4, 0.5) is 0 Å². The predicted octanol–water partition coefficient (Wildman–Crippen LogP) is 4.32. The van der Waals surface area contributed by atoms with Crippen LogP contribution in [0, 0.1) is 6.92 Å². The van der Waals surface area contributed by atoms with Gasteiger partial charge in [-0.2, -0.15) is 0 Å². The van der Waals surface area contributed by atoms with E-state index in [0.717, 1.165) is 26.4 Å². The van der Waals surface area contributed by atoms with Gasteiger partial charge >= 0.3 is 5.97 Å². The standard InChI is InChI=1S/C17H16N2O2S2/c1-10-4-6-12(7-5-10)13-8-22-15-14(13)16(19-9-18-15)23-11(2)17(20)21-3/h4-9,11H,1-3H3/t11-/m1/s1. The van der Waals surface area contributed by atoms with E-state index in [9.17, 15) is 4.79 Å². The highest BCUT2D eigenvalue weighted by Crippen LogP contribution is 2.39. The molecule has 0 aliphatic rings. The molecule has 0 aliphatic heterocycles. The highest BCUT2D eigenvalue weighted by Gasteiger charge is 2.20. The summed E-state index contributed by atoms with van der Waals surface area (Å²) in [5, 5.41) is 3.59. The quantitative estimate of drug-likeness (QED) is 0.401. The van der Waals surface area contributed by atoms with Crippen molar-refractivity contribution in [2.75, 3.05) is 7.11 Å². The van der Waals surface area contributed by atoms with Crippen LogP contribution >= 0.6 is 23.1 Å². The minimum absolute atomic E-state index is 0.256. The number of thioether (sulfide) groups is 1. The average molecular weight is 344 g/mol. The number of ether oxygens (including phenoxy) is 1. The molecule has 0 N–H and O–H groups in total. The number of nitrogens with zero attached hydrogens (tertiary/aromatic N) is 2. The summed E-state index contributed by atoms with van der Waals surface area (Å²) in [5.74, 6) is -0.256. The van der Waals surface area contributed by atoms with Crippen molar-refractivity contribution in [3.63, 3.8) is 0 Å². The Morgan fingerprint density at radius 2 is 2.00 bits per heavy atom. The third-order valence-electron chi connectivity index (χ3n) is 3.52. The van der Waals surface area contributed by atoms with E-state index in [1.807, 2.05) is 6.92 Å². The molecule has 0 bridgehead atoms. The fraction of sp³-hybridized carbons (Fsp3) is 0.235. The molecule has 0 spiro atoms. The Bertz CT molecular complexity index is 843. The second kappa shape index (κ2) is 6.68. The van der Waals surface area contributed by atoms with Crippen LogP contribution in [0.1, 0.15) is 12.5 Å². The molecule has 2 heterocycles. The van der Waals surface area contributed by atoms with Gasteiger partial charge in [-0.3, -0.25) is 4.79 Å². The first kappa shape index (κ1) is 16.0. The van der Waals surface area contributed by atoms with E-state index in [1.54, 1.807) is 17.7 Å². The van der Waals surface area contributed by atoms with Gasteiger partial charge in [-0.05, 0) is 19.4 Å². The Kier molecular flexibility index (Phi) is 4.63. The van der Waals surface area contributed by atoms with Crippen molar-refractivity contribution in [1.82, 2.24) is 9.97 Å². The SMILES string of the molecule is COC(=O)[C@@H](C)Sc1ncnc2scc(-c3ccc(C)cc3)c12. The van der Waals surface area contributed by atoms with E-state index in [0.29, 0.717) is 0 Å². The summed E-state index contributed by atoms with van der Waals surface area (Å²) in [4.78, 5) is 21.4. The number of fused-ring (bicyclic) bond motifs is 1. The number of esters is 1. The van der Waals surface area contributed by atoms with Crippen molar-refractivity contribution >= 4 is 39.3 Å². The zero-order valence-corrected chi connectivity index (χ0v) is 14.7. The molecule has 0 amide bonds. The van der Waals surface area contributed by atoms with Crippen molar-refractivity contribution in [2.24, 2.45) is 0 Å². The number of benzene rings is 1. The summed E-state index contributed by atoms with van der Waals surface area (Å²) in [7, 11) is 1.40. The van der Waals surface area contributed by atoms with Crippen LogP contribution in [-0.4, -0.2) is 28.3 Å². The molecule has 23 heavy (non-hydrogen) atoms. The molecule has 4 nitrogen and oxygen atoms in total. The lowest BCUT2D eigenvalue weighted by Crippen LogP contribution is -2.14. The topological polar surface area (TPSA) is 52.1 Å². The first-order valence-corrected chi connectivity index (χ1v) is 8.90. The minimum atomic E-state index is -0.316.